The number of aliphatic imine (C=N–C) groups is 1. The summed E-state index contributed by atoms with van der Waals surface area (Å²) in [6, 6.07) is 0. The van der Waals surface area contributed by atoms with Gasteiger partial charge in [-0.3, -0.25) is 4.79 Å². The lowest BCUT2D eigenvalue weighted by Gasteiger charge is -1.80. The molecule has 0 saturated carbocycles. The molecular formula is C3H3NO3. The molecule has 0 unspecified atom stereocenters. The zero-order chi connectivity index (χ0) is 5.54. The molecule has 38 valence electrons. The zero-order valence-electron chi connectivity index (χ0n) is 3.46. The Bertz CT molecular complexity index is 94.4. The maximum Gasteiger partial charge on any atom is 0.294 e. The molecule has 0 spiro atoms. The van der Waals surface area contributed by atoms with E-state index in [1.807, 2.05) is 0 Å². The van der Waals surface area contributed by atoms with Crippen LogP contribution < -0.4 is 0 Å². The second-order valence-corrected chi connectivity index (χ2v) is 0.641. The molecule has 0 saturated heterocycles. The van der Waals surface area contributed by atoms with Crippen LogP contribution in [-0.2, 0) is 14.3 Å². The smallest absolute Gasteiger partial charge is 0.294 e. The highest BCUT2D eigenvalue weighted by atomic mass is 16.5. The van der Waals surface area contributed by atoms with Crippen molar-refractivity contribution in [2.24, 2.45) is 4.99 Å². The number of hydrogen-bond donors (Lipinski definition) is 0. The van der Waals surface area contributed by atoms with Gasteiger partial charge in [-0.15, -0.1) is 0 Å². The number of ether oxygens (including phenoxy) is 1. The van der Waals surface area contributed by atoms with Gasteiger partial charge in [-0.1, -0.05) is 0 Å². The third kappa shape index (κ3) is 4.85. The number of carbonyl (C=O) groups excluding carboxylic acids is 2. The normalized spacial score (nSPS) is 6.29. The Morgan fingerprint density at radius 1 is 1.86 bits per heavy atom. The van der Waals surface area contributed by atoms with Crippen molar-refractivity contribution in [3.63, 3.8) is 0 Å². The van der Waals surface area contributed by atoms with E-state index in [1.165, 1.54) is 6.08 Å². The fraction of sp³-hybridized carbons (Fsp3) is 0.333. The van der Waals surface area contributed by atoms with E-state index in [1.54, 1.807) is 0 Å². The summed E-state index contributed by atoms with van der Waals surface area (Å²) in [6.45, 7) is -0.0200. The van der Waals surface area contributed by atoms with Gasteiger partial charge in [0.1, 0.15) is 0 Å². The monoisotopic (exact) mass is 101 g/mol. The highest BCUT2D eigenvalue weighted by molar-refractivity contribution is 5.37. The molecular weight excluding hydrogens is 98.0 g/mol. The van der Waals surface area contributed by atoms with Crippen molar-refractivity contribution in [2.75, 3.05) is 6.73 Å². The minimum Gasteiger partial charge on any atom is -0.444 e. The molecule has 0 rings (SSSR count). The highest BCUT2D eigenvalue weighted by Gasteiger charge is 1.69. The van der Waals surface area contributed by atoms with Gasteiger partial charge in [-0.25, -0.2) is 4.79 Å². The van der Waals surface area contributed by atoms with Gasteiger partial charge in [-0.05, 0) is 0 Å². The van der Waals surface area contributed by atoms with Crippen LogP contribution in [0.5, 0.6) is 0 Å². The highest BCUT2D eigenvalue weighted by Crippen LogP contribution is 1.62. The van der Waals surface area contributed by atoms with Crippen molar-refractivity contribution in [3.05, 3.63) is 0 Å². The molecule has 0 radical (unpaired) electrons. The molecule has 0 aliphatic rings. The number of carbonyl (C=O) groups is 1. The van der Waals surface area contributed by atoms with E-state index < -0.39 is 0 Å². The second kappa shape index (κ2) is 4.85. The Morgan fingerprint density at radius 2 is 2.57 bits per heavy atom. The molecule has 0 bridgehead atoms. The lowest BCUT2D eigenvalue weighted by molar-refractivity contribution is -0.128. The topological polar surface area (TPSA) is 55.7 Å². The van der Waals surface area contributed by atoms with Crippen LogP contribution >= 0.6 is 0 Å². The van der Waals surface area contributed by atoms with Crippen LogP contribution in [0.25, 0.3) is 0 Å². The van der Waals surface area contributed by atoms with Gasteiger partial charge < -0.3 is 4.74 Å². The number of nitrogens with zero attached hydrogens (tertiary/aromatic N) is 1. The number of isocyanates is 1. The first kappa shape index (κ1) is 5.85. The summed E-state index contributed by atoms with van der Waals surface area (Å²) < 4.78 is 3.96. The van der Waals surface area contributed by atoms with Crippen LogP contribution in [0, 0.1) is 0 Å². The largest absolute Gasteiger partial charge is 0.444 e. The van der Waals surface area contributed by atoms with E-state index >= 15 is 0 Å². The van der Waals surface area contributed by atoms with E-state index in [2.05, 4.69) is 9.73 Å². The van der Waals surface area contributed by atoms with E-state index in [9.17, 15) is 9.59 Å². The van der Waals surface area contributed by atoms with Crippen LogP contribution in [0.2, 0.25) is 0 Å². The summed E-state index contributed by atoms with van der Waals surface area (Å²) in [7, 11) is 0. The Morgan fingerprint density at radius 3 is 3.00 bits per heavy atom. The molecule has 4 nitrogen and oxygen atoms in total. The van der Waals surface area contributed by atoms with Gasteiger partial charge in [0.05, 0.1) is 0 Å². The Balaban J connectivity index is 2.97. The quantitative estimate of drug-likeness (QED) is 0.207. The van der Waals surface area contributed by atoms with Crippen LogP contribution in [-0.4, -0.2) is 19.3 Å². The summed E-state index contributed by atoms with van der Waals surface area (Å²) in [5, 5.41) is 0. The summed E-state index contributed by atoms with van der Waals surface area (Å²) in [5.74, 6) is 0. The maximum atomic E-state index is 9.27. The predicted octanol–water partition coefficient (Wildman–Crippen LogP) is -0.547. The molecule has 0 aliphatic carbocycles. The minimum atomic E-state index is -0.229. The van der Waals surface area contributed by atoms with Crippen molar-refractivity contribution in [1.82, 2.24) is 0 Å². The molecule has 0 aromatic rings. The maximum absolute atomic E-state index is 9.27. The van der Waals surface area contributed by atoms with E-state index in [4.69, 9.17) is 0 Å². The standard InChI is InChI=1S/C3H3NO3/c5-1-4-2-7-3-6/h3H,2H2. The van der Waals surface area contributed by atoms with Crippen molar-refractivity contribution in [1.29, 1.82) is 0 Å². The average molecular weight is 101 g/mol. The Kier molecular flexibility index (Phi) is 4.05. The van der Waals surface area contributed by atoms with Crippen molar-refractivity contribution in [3.8, 4) is 0 Å². The zero-order valence-corrected chi connectivity index (χ0v) is 3.46. The SMILES string of the molecule is O=C=NCOC=O. The molecule has 0 heterocycles. The average Bonchev–Trinajstić information content (AvgIpc) is 1.69. The first-order chi connectivity index (χ1) is 3.41. The summed E-state index contributed by atoms with van der Waals surface area (Å²) >= 11 is 0. The van der Waals surface area contributed by atoms with Crippen LogP contribution in [0.1, 0.15) is 0 Å². The fourth-order valence-corrected chi connectivity index (χ4v) is 0.0940. The van der Waals surface area contributed by atoms with Crippen molar-refractivity contribution >= 4 is 12.6 Å². The molecule has 0 aromatic heterocycles. The Hall–Kier alpha value is -1.15. The fourth-order valence-electron chi connectivity index (χ4n) is 0.0940. The van der Waals surface area contributed by atoms with Crippen molar-refractivity contribution in [2.45, 2.75) is 0 Å². The first-order valence-electron chi connectivity index (χ1n) is 1.50. The van der Waals surface area contributed by atoms with Gasteiger partial charge in [-0.2, -0.15) is 4.99 Å². The summed E-state index contributed by atoms with van der Waals surface area (Å²) in [4.78, 5) is 21.4. The molecule has 0 N–H and O–H groups in total. The molecule has 0 aliphatic heterocycles. The molecule has 0 atom stereocenters. The minimum absolute atomic E-state index is 0.209. The van der Waals surface area contributed by atoms with Gasteiger partial charge in [0.15, 0.2) is 6.73 Å². The van der Waals surface area contributed by atoms with Gasteiger partial charge in [0, 0.05) is 0 Å². The lowest BCUT2D eigenvalue weighted by atomic mass is 11.2. The molecule has 4 heteroatoms. The van der Waals surface area contributed by atoms with E-state index in [-0.39, 0.29) is 13.2 Å². The van der Waals surface area contributed by atoms with Crippen LogP contribution in [0.4, 0.5) is 0 Å². The molecule has 7 heavy (non-hydrogen) atoms. The van der Waals surface area contributed by atoms with Gasteiger partial charge in [0.2, 0.25) is 6.08 Å². The van der Waals surface area contributed by atoms with Gasteiger partial charge >= 0.3 is 0 Å². The van der Waals surface area contributed by atoms with Gasteiger partial charge in [0.25, 0.3) is 6.47 Å². The van der Waals surface area contributed by atoms with E-state index in [0.717, 1.165) is 0 Å². The lowest BCUT2D eigenvalue weighted by Crippen LogP contribution is -1.84. The number of hydrogen-bond acceptors (Lipinski definition) is 4. The van der Waals surface area contributed by atoms with Crippen molar-refractivity contribution < 1.29 is 14.3 Å². The van der Waals surface area contributed by atoms with Crippen LogP contribution in [0.3, 0.4) is 0 Å². The third-order valence-electron chi connectivity index (χ3n) is 0.272. The van der Waals surface area contributed by atoms with E-state index in [0.29, 0.717) is 0 Å². The number of rotatable bonds is 3. The third-order valence-corrected chi connectivity index (χ3v) is 0.272. The first-order valence-corrected chi connectivity index (χ1v) is 1.50. The van der Waals surface area contributed by atoms with Crippen LogP contribution in [0.15, 0.2) is 4.99 Å². The second-order valence-electron chi connectivity index (χ2n) is 0.641. The molecule has 0 fully saturated rings. The summed E-state index contributed by atoms with van der Waals surface area (Å²) in [5.41, 5.74) is 0. The summed E-state index contributed by atoms with van der Waals surface area (Å²) in [6.07, 6.45) is 1.19. The Labute approximate surface area is 39.8 Å². The molecule has 0 amide bonds. The molecule has 0 aromatic carbocycles. The predicted molar refractivity (Wildman–Crippen MR) is 20.1 cm³/mol.